The zero-order valence-electron chi connectivity index (χ0n) is 11.9. The third-order valence-electron chi connectivity index (χ3n) is 2.72. The molecule has 0 saturated heterocycles. The van der Waals surface area contributed by atoms with Crippen LogP contribution in [0, 0.1) is 5.82 Å². The zero-order valence-corrected chi connectivity index (χ0v) is 11.9. The lowest BCUT2D eigenvalue weighted by molar-refractivity contribution is 0.102. The molecule has 2 aromatic carbocycles. The summed E-state index contributed by atoms with van der Waals surface area (Å²) in [5.74, 6) is -0.459. The van der Waals surface area contributed by atoms with Crippen LogP contribution < -0.4 is 15.8 Å². The fraction of sp³-hybridized carbons (Fsp3) is 0.188. The first-order valence-electron chi connectivity index (χ1n) is 6.59. The second-order valence-electron chi connectivity index (χ2n) is 4.88. The normalized spacial score (nSPS) is 10.5. The van der Waals surface area contributed by atoms with E-state index in [1.807, 2.05) is 13.8 Å². The fourth-order valence-electron chi connectivity index (χ4n) is 1.80. The molecule has 0 aromatic heterocycles. The van der Waals surface area contributed by atoms with Crippen LogP contribution in [0.5, 0.6) is 5.75 Å². The molecule has 0 saturated carbocycles. The molecular weight excluding hydrogens is 271 g/mol. The summed E-state index contributed by atoms with van der Waals surface area (Å²) in [6.07, 6.45) is 0.0781. The molecule has 2 rings (SSSR count). The maximum Gasteiger partial charge on any atom is 0.258 e. The minimum absolute atomic E-state index is 0.0493. The lowest BCUT2D eigenvalue weighted by Gasteiger charge is -2.11. The molecule has 0 heterocycles. The number of benzene rings is 2. The van der Waals surface area contributed by atoms with Gasteiger partial charge in [-0.25, -0.2) is 4.39 Å². The number of nitrogens with one attached hydrogen (secondary N) is 1. The van der Waals surface area contributed by atoms with Crippen LogP contribution in [-0.2, 0) is 0 Å². The molecule has 4 nitrogen and oxygen atoms in total. The van der Waals surface area contributed by atoms with Crippen LogP contribution in [0.3, 0.4) is 0 Å². The predicted octanol–water partition coefficient (Wildman–Crippen LogP) is 3.45. The van der Waals surface area contributed by atoms with Crippen molar-refractivity contribution in [3.05, 3.63) is 53.8 Å². The Labute approximate surface area is 122 Å². The standard InChI is InChI=1S/C16H17FN2O2/c1-10(2)21-13-6-4-12(5-7-13)19-16(20)14-8-3-11(18)9-15(14)17/h3-10H,18H2,1-2H3,(H,19,20). The summed E-state index contributed by atoms with van der Waals surface area (Å²) in [6.45, 7) is 3.86. The Kier molecular flexibility index (Phi) is 4.42. The molecule has 5 heteroatoms. The van der Waals surface area contributed by atoms with E-state index in [1.165, 1.54) is 12.1 Å². The minimum atomic E-state index is -0.646. The largest absolute Gasteiger partial charge is 0.491 e. The number of rotatable bonds is 4. The molecule has 0 bridgehead atoms. The van der Waals surface area contributed by atoms with Crippen LogP contribution in [0.4, 0.5) is 15.8 Å². The van der Waals surface area contributed by atoms with Gasteiger partial charge in [0.25, 0.3) is 5.91 Å². The SMILES string of the molecule is CC(C)Oc1ccc(NC(=O)c2ccc(N)cc2F)cc1. The minimum Gasteiger partial charge on any atom is -0.491 e. The predicted molar refractivity (Wildman–Crippen MR) is 81.0 cm³/mol. The molecule has 0 unspecified atom stereocenters. The van der Waals surface area contributed by atoms with Crippen LogP contribution in [0.1, 0.15) is 24.2 Å². The molecule has 3 N–H and O–H groups in total. The summed E-state index contributed by atoms with van der Waals surface area (Å²) in [7, 11) is 0. The van der Waals surface area contributed by atoms with Gasteiger partial charge in [0.15, 0.2) is 0 Å². The lowest BCUT2D eigenvalue weighted by atomic mass is 10.1. The maximum atomic E-state index is 13.7. The molecule has 1 amide bonds. The van der Waals surface area contributed by atoms with E-state index >= 15 is 0 Å². The molecule has 0 aliphatic heterocycles. The van der Waals surface area contributed by atoms with Crippen molar-refractivity contribution >= 4 is 17.3 Å². The number of amides is 1. The molecule has 0 aliphatic rings. The van der Waals surface area contributed by atoms with Gasteiger partial charge < -0.3 is 15.8 Å². The molecule has 21 heavy (non-hydrogen) atoms. The van der Waals surface area contributed by atoms with E-state index < -0.39 is 11.7 Å². The van der Waals surface area contributed by atoms with Crippen LogP contribution in [0.25, 0.3) is 0 Å². The van der Waals surface area contributed by atoms with Crippen LogP contribution in [-0.4, -0.2) is 12.0 Å². The van der Waals surface area contributed by atoms with Gasteiger partial charge in [-0.15, -0.1) is 0 Å². The molecule has 0 aliphatic carbocycles. The van der Waals surface area contributed by atoms with Gasteiger partial charge in [0.2, 0.25) is 0 Å². The highest BCUT2D eigenvalue weighted by Crippen LogP contribution is 2.18. The average Bonchev–Trinajstić information content (AvgIpc) is 2.40. The molecule has 0 radical (unpaired) electrons. The Balaban J connectivity index is 2.08. The summed E-state index contributed by atoms with van der Waals surface area (Å²) in [5, 5.41) is 2.62. The molecule has 2 aromatic rings. The molecule has 0 spiro atoms. The smallest absolute Gasteiger partial charge is 0.258 e. The van der Waals surface area contributed by atoms with E-state index in [1.54, 1.807) is 24.3 Å². The average molecular weight is 288 g/mol. The number of ether oxygens (including phenoxy) is 1. The summed E-state index contributed by atoms with van der Waals surface area (Å²) >= 11 is 0. The first kappa shape index (κ1) is 14.8. The topological polar surface area (TPSA) is 64.3 Å². The Morgan fingerprint density at radius 3 is 2.43 bits per heavy atom. The summed E-state index contributed by atoms with van der Waals surface area (Å²) in [4.78, 5) is 12.0. The van der Waals surface area contributed by atoms with Gasteiger partial charge >= 0.3 is 0 Å². The summed E-state index contributed by atoms with van der Waals surface area (Å²) < 4.78 is 19.2. The van der Waals surface area contributed by atoms with E-state index in [0.717, 1.165) is 6.07 Å². The first-order chi connectivity index (χ1) is 9.95. The number of nitrogen functional groups attached to an aromatic ring is 1. The third kappa shape index (κ3) is 3.95. The zero-order chi connectivity index (χ0) is 15.4. The van der Waals surface area contributed by atoms with E-state index in [0.29, 0.717) is 11.4 Å². The highest BCUT2D eigenvalue weighted by molar-refractivity contribution is 6.04. The quantitative estimate of drug-likeness (QED) is 0.847. The Morgan fingerprint density at radius 2 is 1.86 bits per heavy atom. The first-order valence-corrected chi connectivity index (χ1v) is 6.59. The van der Waals surface area contributed by atoms with Gasteiger partial charge in [0.1, 0.15) is 11.6 Å². The second kappa shape index (κ2) is 6.26. The van der Waals surface area contributed by atoms with Crippen LogP contribution >= 0.6 is 0 Å². The van der Waals surface area contributed by atoms with Gasteiger partial charge in [0, 0.05) is 11.4 Å². The molecule has 0 atom stereocenters. The van der Waals surface area contributed by atoms with Crippen molar-refractivity contribution in [3.63, 3.8) is 0 Å². The molecule has 110 valence electrons. The number of carbonyl (C=O) groups is 1. The third-order valence-corrected chi connectivity index (χ3v) is 2.72. The van der Waals surface area contributed by atoms with Crippen molar-refractivity contribution in [1.82, 2.24) is 0 Å². The summed E-state index contributed by atoms with van der Waals surface area (Å²) in [6, 6.07) is 10.8. The molecular formula is C16H17FN2O2. The fourth-order valence-corrected chi connectivity index (χ4v) is 1.80. The lowest BCUT2D eigenvalue weighted by Crippen LogP contribution is -2.14. The number of hydrogen-bond acceptors (Lipinski definition) is 3. The Morgan fingerprint density at radius 1 is 1.19 bits per heavy atom. The van der Waals surface area contributed by atoms with E-state index in [-0.39, 0.29) is 17.4 Å². The van der Waals surface area contributed by atoms with Gasteiger partial charge in [0.05, 0.1) is 11.7 Å². The van der Waals surface area contributed by atoms with E-state index in [4.69, 9.17) is 10.5 Å². The number of anilines is 2. The monoisotopic (exact) mass is 288 g/mol. The number of nitrogens with two attached hydrogens (primary N) is 1. The number of halogens is 1. The van der Waals surface area contributed by atoms with Gasteiger partial charge in [-0.05, 0) is 56.3 Å². The van der Waals surface area contributed by atoms with Crippen molar-refractivity contribution in [3.8, 4) is 5.75 Å². The second-order valence-corrected chi connectivity index (χ2v) is 4.88. The van der Waals surface area contributed by atoms with Gasteiger partial charge in [-0.3, -0.25) is 4.79 Å². The van der Waals surface area contributed by atoms with Crippen molar-refractivity contribution in [2.45, 2.75) is 20.0 Å². The van der Waals surface area contributed by atoms with E-state index in [2.05, 4.69) is 5.32 Å². The van der Waals surface area contributed by atoms with Crippen molar-refractivity contribution in [2.75, 3.05) is 11.1 Å². The highest BCUT2D eigenvalue weighted by atomic mass is 19.1. The molecule has 0 fully saturated rings. The summed E-state index contributed by atoms with van der Waals surface area (Å²) in [5.41, 5.74) is 6.24. The van der Waals surface area contributed by atoms with Gasteiger partial charge in [-0.2, -0.15) is 0 Å². The van der Waals surface area contributed by atoms with E-state index in [9.17, 15) is 9.18 Å². The van der Waals surface area contributed by atoms with Crippen molar-refractivity contribution < 1.29 is 13.9 Å². The Bertz CT molecular complexity index is 639. The van der Waals surface area contributed by atoms with Crippen LogP contribution in [0.2, 0.25) is 0 Å². The van der Waals surface area contributed by atoms with Gasteiger partial charge in [-0.1, -0.05) is 0 Å². The Hall–Kier alpha value is -2.56. The van der Waals surface area contributed by atoms with Crippen molar-refractivity contribution in [1.29, 1.82) is 0 Å². The highest BCUT2D eigenvalue weighted by Gasteiger charge is 2.12. The van der Waals surface area contributed by atoms with Crippen LogP contribution in [0.15, 0.2) is 42.5 Å². The number of hydrogen-bond donors (Lipinski definition) is 2. The van der Waals surface area contributed by atoms with Crippen molar-refractivity contribution in [2.24, 2.45) is 0 Å². The maximum absolute atomic E-state index is 13.7. The number of carbonyl (C=O) groups excluding carboxylic acids is 1.